The number of aliphatic hydroxyl groups excluding tert-OH is 1. The first-order valence-corrected chi connectivity index (χ1v) is 4.43. The summed E-state index contributed by atoms with van der Waals surface area (Å²) in [7, 11) is 1.27. The molecule has 0 aliphatic carbocycles. The van der Waals surface area contributed by atoms with Crippen molar-refractivity contribution in [1.29, 1.82) is 0 Å². The Morgan fingerprint density at radius 3 is 2.59 bits per heavy atom. The van der Waals surface area contributed by atoms with Crippen molar-refractivity contribution in [1.82, 2.24) is 0 Å². The van der Waals surface area contributed by atoms with Crippen LogP contribution in [0.15, 0.2) is 12.1 Å². The second-order valence-corrected chi connectivity index (χ2v) is 3.14. The van der Waals surface area contributed by atoms with Crippen LogP contribution in [0.25, 0.3) is 0 Å². The Hall–Kier alpha value is -1.57. The Kier molecular flexibility index (Phi) is 5.66. The van der Waals surface area contributed by atoms with Crippen molar-refractivity contribution < 1.29 is 19.9 Å². The lowest BCUT2D eigenvalue weighted by molar-refractivity contribution is -0.386. The number of phenolic OH excluding ortho intramolecular Hbond substituents is 1. The van der Waals surface area contributed by atoms with Gasteiger partial charge in [-0.3, -0.25) is 10.1 Å². The molecule has 0 fully saturated rings. The number of ether oxygens (including phenoxy) is 1. The summed E-state index contributed by atoms with van der Waals surface area (Å²) in [6.07, 6.45) is 0. The first-order valence-electron chi connectivity index (χ1n) is 4.43. The predicted molar refractivity (Wildman–Crippen MR) is 62.6 cm³/mol. The van der Waals surface area contributed by atoms with E-state index in [-0.39, 0.29) is 24.8 Å². The minimum Gasteiger partial charge on any atom is -0.500 e. The summed E-state index contributed by atoms with van der Waals surface area (Å²) in [5.41, 5.74) is 5.35. The number of nitro benzene ring substituents is 1. The molecule has 0 saturated heterocycles. The molecule has 0 aliphatic rings. The van der Waals surface area contributed by atoms with Crippen molar-refractivity contribution in [3.63, 3.8) is 0 Å². The van der Waals surface area contributed by atoms with Gasteiger partial charge in [0.25, 0.3) is 0 Å². The van der Waals surface area contributed by atoms with E-state index in [1.54, 1.807) is 0 Å². The lowest BCUT2D eigenvalue weighted by Crippen LogP contribution is -2.14. The molecular formula is C9H13ClN2O5. The van der Waals surface area contributed by atoms with Crippen molar-refractivity contribution in [2.45, 2.75) is 6.04 Å². The van der Waals surface area contributed by atoms with E-state index in [1.165, 1.54) is 13.2 Å². The zero-order chi connectivity index (χ0) is 12.3. The molecule has 17 heavy (non-hydrogen) atoms. The van der Waals surface area contributed by atoms with Gasteiger partial charge in [-0.05, 0) is 11.6 Å². The van der Waals surface area contributed by atoms with Crippen molar-refractivity contribution in [2.75, 3.05) is 13.7 Å². The van der Waals surface area contributed by atoms with E-state index in [0.717, 1.165) is 6.07 Å². The molecule has 8 heteroatoms. The Morgan fingerprint density at radius 2 is 2.18 bits per heavy atom. The van der Waals surface area contributed by atoms with E-state index in [9.17, 15) is 15.2 Å². The van der Waals surface area contributed by atoms with Crippen LogP contribution in [0, 0.1) is 10.1 Å². The number of methoxy groups -OCH3 is 1. The molecule has 0 unspecified atom stereocenters. The number of halogens is 1. The summed E-state index contributed by atoms with van der Waals surface area (Å²) in [6, 6.07) is 1.70. The van der Waals surface area contributed by atoms with E-state index in [2.05, 4.69) is 0 Å². The lowest BCUT2D eigenvalue weighted by atomic mass is 10.1. The maximum Gasteiger partial charge on any atom is 0.314 e. The van der Waals surface area contributed by atoms with Crippen LogP contribution in [-0.4, -0.2) is 28.9 Å². The topological polar surface area (TPSA) is 119 Å². The first-order chi connectivity index (χ1) is 7.51. The van der Waals surface area contributed by atoms with E-state index in [1.807, 2.05) is 0 Å². The third-order valence-electron chi connectivity index (χ3n) is 2.12. The average Bonchev–Trinajstić information content (AvgIpc) is 2.27. The van der Waals surface area contributed by atoms with Crippen LogP contribution in [0.4, 0.5) is 5.69 Å². The molecule has 4 N–H and O–H groups in total. The Labute approximate surface area is 103 Å². The number of hydrogen-bond donors (Lipinski definition) is 3. The van der Waals surface area contributed by atoms with E-state index >= 15 is 0 Å². The molecular weight excluding hydrogens is 252 g/mol. The van der Waals surface area contributed by atoms with E-state index in [4.69, 9.17) is 15.6 Å². The van der Waals surface area contributed by atoms with Gasteiger partial charge in [0.2, 0.25) is 5.75 Å². The summed E-state index contributed by atoms with van der Waals surface area (Å²) in [4.78, 5) is 9.90. The highest BCUT2D eigenvalue weighted by Gasteiger charge is 2.21. The largest absolute Gasteiger partial charge is 0.500 e. The van der Waals surface area contributed by atoms with E-state index in [0.29, 0.717) is 5.56 Å². The number of benzene rings is 1. The molecule has 0 aromatic heterocycles. The number of nitro groups is 1. The molecule has 0 aliphatic heterocycles. The second kappa shape index (κ2) is 6.24. The van der Waals surface area contributed by atoms with Crippen molar-refractivity contribution in [2.24, 2.45) is 5.73 Å². The van der Waals surface area contributed by atoms with Gasteiger partial charge in [-0.15, -0.1) is 12.4 Å². The Morgan fingerprint density at radius 1 is 1.59 bits per heavy atom. The number of rotatable bonds is 4. The number of nitrogens with zero attached hydrogens (tertiary/aromatic N) is 1. The van der Waals surface area contributed by atoms with Crippen LogP contribution in [0.5, 0.6) is 11.5 Å². The summed E-state index contributed by atoms with van der Waals surface area (Å²) in [6.45, 7) is -0.356. The van der Waals surface area contributed by atoms with Gasteiger partial charge in [0.1, 0.15) is 0 Å². The van der Waals surface area contributed by atoms with Gasteiger partial charge < -0.3 is 20.7 Å². The van der Waals surface area contributed by atoms with Gasteiger partial charge in [-0.2, -0.15) is 0 Å². The Balaban J connectivity index is 0.00000256. The number of hydrogen-bond acceptors (Lipinski definition) is 6. The van der Waals surface area contributed by atoms with Gasteiger partial charge in [0, 0.05) is 6.07 Å². The average molecular weight is 265 g/mol. The van der Waals surface area contributed by atoms with Gasteiger partial charge in [0.15, 0.2) is 5.75 Å². The fraction of sp³-hybridized carbons (Fsp3) is 0.333. The summed E-state index contributed by atoms with van der Waals surface area (Å²) >= 11 is 0. The summed E-state index contributed by atoms with van der Waals surface area (Å²) in [5.74, 6) is -0.602. The van der Waals surface area contributed by atoms with Crippen LogP contribution in [0.2, 0.25) is 0 Å². The fourth-order valence-electron chi connectivity index (χ4n) is 1.23. The van der Waals surface area contributed by atoms with Crippen molar-refractivity contribution in [3.8, 4) is 11.5 Å². The Bertz CT molecular complexity index is 413. The SMILES string of the molecule is COc1cc([C@@H](N)CO)cc([N+](=O)[O-])c1O.Cl. The maximum atomic E-state index is 10.6. The number of nitrogens with two attached hydrogens (primary N) is 1. The zero-order valence-corrected chi connectivity index (χ0v) is 9.81. The second-order valence-electron chi connectivity index (χ2n) is 3.14. The highest BCUT2D eigenvalue weighted by molar-refractivity contribution is 5.85. The third kappa shape index (κ3) is 3.19. The van der Waals surface area contributed by atoms with Crippen LogP contribution >= 0.6 is 12.4 Å². The molecule has 1 aromatic rings. The molecule has 0 radical (unpaired) electrons. The van der Waals surface area contributed by atoms with E-state index < -0.39 is 22.4 Å². The highest BCUT2D eigenvalue weighted by atomic mass is 35.5. The smallest absolute Gasteiger partial charge is 0.314 e. The zero-order valence-electron chi connectivity index (χ0n) is 8.99. The molecule has 0 amide bonds. The quantitative estimate of drug-likeness (QED) is 0.545. The molecule has 7 nitrogen and oxygen atoms in total. The monoisotopic (exact) mass is 264 g/mol. The normalized spacial score (nSPS) is 11.5. The maximum absolute atomic E-state index is 10.6. The minimum atomic E-state index is -0.756. The standard InChI is InChI=1S/C9H12N2O5.ClH/c1-16-8-3-5(6(10)4-12)2-7(9(8)13)11(14)15;/h2-3,6,12-13H,4,10H2,1H3;1H/t6-;/m0./s1. The highest BCUT2D eigenvalue weighted by Crippen LogP contribution is 2.37. The molecule has 1 atom stereocenters. The van der Waals surface area contributed by atoms with Crippen LogP contribution in [0.3, 0.4) is 0 Å². The lowest BCUT2D eigenvalue weighted by Gasteiger charge is -2.11. The fourth-order valence-corrected chi connectivity index (χ4v) is 1.23. The molecule has 0 spiro atoms. The van der Waals surface area contributed by atoms with Crippen LogP contribution in [-0.2, 0) is 0 Å². The van der Waals surface area contributed by atoms with Gasteiger partial charge in [-0.25, -0.2) is 0 Å². The molecule has 96 valence electrons. The first kappa shape index (κ1) is 15.4. The number of aromatic hydroxyl groups is 1. The van der Waals surface area contributed by atoms with Crippen molar-refractivity contribution in [3.05, 3.63) is 27.8 Å². The van der Waals surface area contributed by atoms with Gasteiger partial charge in [0.05, 0.1) is 24.7 Å². The van der Waals surface area contributed by atoms with Crippen LogP contribution in [0.1, 0.15) is 11.6 Å². The summed E-state index contributed by atoms with van der Waals surface area (Å²) in [5, 5.41) is 29.0. The molecule has 0 saturated carbocycles. The van der Waals surface area contributed by atoms with Crippen molar-refractivity contribution >= 4 is 18.1 Å². The molecule has 1 aromatic carbocycles. The molecule has 0 bridgehead atoms. The summed E-state index contributed by atoms with van der Waals surface area (Å²) < 4.78 is 4.78. The van der Waals surface area contributed by atoms with Gasteiger partial charge >= 0.3 is 5.69 Å². The van der Waals surface area contributed by atoms with Crippen LogP contribution < -0.4 is 10.5 Å². The number of phenols is 1. The third-order valence-corrected chi connectivity index (χ3v) is 2.12. The molecule has 1 rings (SSSR count). The minimum absolute atomic E-state index is 0. The molecule has 0 heterocycles. The number of aliphatic hydroxyl groups is 1. The predicted octanol–water partition coefficient (Wildman–Crippen LogP) is 0.723. The van der Waals surface area contributed by atoms with Gasteiger partial charge in [-0.1, -0.05) is 0 Å².